The first-order valence-corrected chi connectivity index (χ1v) is 6.71. The molecule has 0 bridgehead atoms. The maximum Gasteiger partial charge on any atom is 0.306 e. The average Bonchev–Trinajstić information content (AvgIpc) is 2.88. The van der Waals surface area contributed by atoms with E-state index >= 15 is 0 Å². The van der Waals surface area contributed by atoms with Crippen LogP contribution in [0.25, 0.3) is 0 Å². The molecule has 0 radical (unpaired) electrons. The van der Waals surface area contributed by atoms with Gasteiger partial charge in [-0.2, -0.15) is 0 Å². The number of nitrogens with one attached hydrogen (secondary N) is 1. The van der Waals surface area contributed by atoms with Gasteiger partial charge in [0.25, 0.3) is 5.91 Å². The average molecular weight is 277 g/mol. The van der Waals surface area contributed by atoms with Gasteiger partial charge in [0.2, 0.25) is 0 Å². The largest absolute Gasteiger partial charge is 0.481 e. The summed E-state index contributed by atoms with van der Waals surface area (Å²) in [7, 11) is 1.62. The molecule has 0 aromatic heterocycles. The second-order valence-corrected chi connectivity index (χ2v) is 5.15. The summed E-state index contributed by atoms with van der Waals surface area (Å²) in [4.78, 5) is 22.9. The highest BCUT2D eigenvalue weighted by Gasteiger charge is 2.30. The molecule has 1 aliphatic carbocycles. The van der Waals surface area contributed by atoms with Gasteiger partial charge >= 0.3 is 5.97 Å². The predicted octanol–water partition coefficient (Wildman–Crippen LogP) is 1.82. The molecule has 20 heavy (non-hydrogen) atoms. The lowest BCUT2D eigenvalue weighted by atomic mass is 10.1. The monoisotopic (exact) mass is 277 g/mol. The van der Waals surface area contributed by atoms with Crippen LogP contribution in [-0.4, -0.2) is 30.1 Å². The molecule has 1 aliphatic rings. The first kappa shape index (κ1) is 14.5. The maximum atomic E-state index is 12.1. The van der Waals surface area contributed by atoms with Crippen LogP contribution in [0.4, 0.5) is 0 Å². The van der Waals surface area contributed by atoms with Gasteiger partial charge in [0.05, 0.1) is 12.5 Å². The molecular weight excluding hydrogens is 258 g/mol. The van der Waals surface area contributed by atoms with Crippen molar-refractivity contribution in [3.63, 3.8) is 0 Å². The highest BCUT2D eigenvalue weighted by molar-refractivity contribution is 5.94. The van der Waals surface area contributed by atoms with Crippen LogP contribution in [0.15, 0.2) is 24.3 Å². The first-order valence-electron chi connectivity index (χ1n) is 6.71. The van der Waals surface area contributed by atoms with Crippen LogP contribution in [0, 0.1) is 5.92 Å². The van der Waals surface area contributed by atoms with E-state index in [4.69, 9.17) is 9.84 Å². The standard InChI is InChI=1S/C15H19NO4/c1-20-9-10-2-4-11(5-3-10)14(17)16-13-7-6-12(8-13)15(18)19/h2-5,12-13H,6-9H2,1H3,(H,16,17)(H,18,19). The van der Waals surface area contributed by atoms with E-state index in [1.807, 2.05) is 12.1 Å². The van der Waals surface area contributed by atoms with Gasteiger partial charge in [0.15, 0.2) is 0 Å². The number of carboxylic acid groups (broad SMARTS) is 1. The molecular formula is C15H19NO4. The Morgan fingerprint density at radius 2 is 2.00 bits per heavy atom. The van der Waals surface area contributed by atoms with Crippen molar-refractivity contribution in [1.82, 2.24) is 5.32 Å². The quantitative estimate of drug-likeness (QED) is 0.860. The number of hydrogen-bond acceptors (Lipinski definition) is 3. The van der Waals surface area contributed by atoms with Crippen LogP contribution >= 0.6 is 0 Å². The van der Waals surface area contributed by atoms with E-state index in [2.05, 4.69) is 5.32 Å². The Balaban J connectivity index is 1.90. The van der Waals surface area contributed by atoms with Crippen molar-refractivity contribution in [1.29, 1.82) is 0 Å². The van der Waals surface area contributed by atoms with Gasteiger partial charge in [0.1, 0.15) is 0 Å². The fourth-order valence-electron chi connectivity index (χ4n) is 2.52. The molecule has 5 nitrogen and oxygen atoms in total. The number of methoxy groups -OCH3 is 1. The number of rotatable bonds is 5. The van der Waals surface area contributed by atoms with Gasteiger partial charge in [-0.15, -0.1) is 0 Å². The van der Waals surface area contributed by atoms with Crippen LogP contribution in [0.1, 0.15) is 35.2 Å². The molecule has 1 aromatic rings. The molecule has 0 spiro atoms. The minimum atomic E-state index is -0.773. The smallest absolute Gasteiger partial charge is 0.306 e. The van der Waals surface area contributed by atoms with Crippen molar-refractivity contribution >= 4 is 11.9 Å². The zero-order valence-corrected chi connectivity index (χ0v) is 11.5. The lowest BCUT2D eigenvalue weighted by Gasteiger charge is -2.12. The van der Waals surface area contributed by atoms with E-state index in [0.717, 1.165) is 12.0 Å². The van der Waals surface area contributed by atoms with E-state index in [1.54, 1.807) is 19.2 Å². The van der Waals surface area contributed by atoms with Crippen molar-refractivity contribution in [3.8, 4) is 0 Å². The molecule has 2 atom stereocenters. The van der Waals surface area contributed by atoms with Crippen molar-refractivity contribution in [2.45, 2.75) is 31.9 Å². The number of aliphatic carboxylic acids is 1. The maximum absolute atomic E-state index is 12.1. The number of benzene rings is 1. The van der Waals surface area contributed by atoms with Crippen LogP contribution in [0.5, 0.6) is 0 Å². The zero-order chi connectivity index (χ0) is 14.5. The van der Waals surface area contributed by atoms with E-state index in [9.17, 15) is 9.59 Å². The number of hydrogen-bond donors (Lipinski definition) is 2. The zero-order valence-electron chi connectivity index (χ0n) is 11.5. The molecule has 2 rings (SSSR count). The summed E-state index contributed by atoms with van der Waals surface area (Å²) < 4.78 is 5.01. The molecule has 0 saturated heterocycles. The summed E-state index contributed by atoms with van der Waals surface area (Å²) in [5, 5.41) is 11.8. The van der Waals surface area contributed by atoms with Gasteiger partial charge < -0.3 is 15.2 Å². The lowest BCUT2D eigenvalue weighted by molar-refractivity contribution is -0.141. The predicted molar refractivity (Wildman–Crippen MR) is 73.4 cm³/mol. The van der Waals surface area contributed by atoms with Crippen LogP contribution in [-0.2, 0) is 16.1 Å². The normalized spacial score (nSPS) is 21.6. The van der Waals surface area contributed by atoms with Gasteiger partial charge in [-0.3, -0.25) is 9.59 Å². The molecule has 1 aromatic carbocycles. The van der Waals surface area contributed by atoms with E-state index in [0.29, 0.717) is 25.0 Å². The fraction of sp³-hybridized carbons (Fsp3) is 0.467. The molecule has 2 N–H and O–H groups in total. The lowest BCUT2D eigenvalue weighted by Crippen LogP contribution is -2.33. The third-order valence-corrected chi connectivity index (χ3v) is 3.64. The highest BCUT2D eigenvalue weighted by atomic mass is 16.5. The molecule has 0 aliphatic heterocycles. The first-order chi connectivity index (χ1) is 9.60. The second-order valence-electron chi connectivity index (χ2n) is 5.15. The SMILES string of the molecule is COCc1ccc(C(=O)NC2CCC(C(=O)O)C2)cc1. The van der Waals surface area contributed by atoms with E-state index < -0.39 is 5.97 Å². The van der Waals surface area contributed by atoms with Crippen LogP contribution in [0.2, 0.25) is 0 Å². The number of ether oxygens (including phenoxy) is 1. The Morgan fingerprint density at radius 1 is 1.30 bits per heavy atom. The van der Waals surface area contributed by atoms with E-state index in [-0.39, 0.29) is 17.9 Å². The van der Waals surface area contributed by atoms with Crippen molar-refractivity contribution in [3.05, 3.63) is 35.4 Å². The molecule has 2 unspecified atom stereocenters. The molecule has 0 heterocycles. The van der Waals surface area contributed by atoms with Gasteiger partial charge in [0, 0.05) is 18.7 Å². The summed E-state index contributed by atoms with van der Waals surface area (Å²) >= 11 is 0. The Bertz CT molecular complexity index is 483. The van der Waals surface area contributed by atoms with Crippen LogP contribution in [0.3, 0.4) is 0 Å². The number of carboxylic acids is 1. The minimum absolute atomic E-state index is 0.0396. The summed E-state index contributed by atoms with van der Waals surface area (Å²) in [5.74, 6) is -1.25. The van der Waals surface area contributed by atoms with Crippen molar-refractivity contribution in [2.75, 3.05) is 7.11 Å². The molecule has 1 amide bonds. The summed E-state index contributed by atoms with van der Waals surface area (Å²) in [6.07, 6.45) is 1.88. The summed E-state index contributed by atoms with van der Waals surface area (Å²) in [5.41, 5.74) is 1.60. The molecule has 5 heteroatoms. The third-order valence-electron chi connectivity index (χ3n) is 3.64. The Kier molecular flexibility index (Phi) is 4.74. The van der Waals surface area contributed by atoms with Gasteiger partial charge in [-0.1, -0.05) is 12.1 Å². The summed E-state index contributed by atoms with van der Waals surface area (Å²) in [6, 6.07) is 7.18. The summed E-state index contributed by atoms with van der Waals surface area (Å²) in [6.45, 7) is 0.519. The minimum Gasteiger partial charge on any atom is -0.481 e. The van der Waals surface area contributed by atoms with Crippen LogP contribution < -0.4 is 5.32 Å². The van der Waals surface area contributed by atoms with Gasteiger partial charge in [-0.05, 0) is 37.0 Å². The molecule has 1 saturated carbocycles. The Hall–Kier alpha value is -1.88. The van der Waals surface area contributed by atoms with Gasteiger partial charge in [-0.25, -0.2) is 0 Å². The molecule has 108 valence electrons. The topological polar surface area (TPSA) is 75.6 Å². The number of carbonyl (C=O) groups is 2. The number of carbonyl (C=O) groups excluding carboxylic acids is 1. The molecule has 1 fully saturated rings. The second kappa shape index (κ2) is 6.52. The Labute approximate surface area is 117 Å². The van der Waals surface area contributed by atoms with Crippen molar-refractivity contribution < 1.29 is 19.4 Å². The Morgan fingerprint density at radius 3 is 2.55 bits per heavy atom. The highest BCUT2D eigenvalue weighted by Crippen LogP contribution is 2.25. The number of amides is 1. The van der Waals surface area contributed by atoms with E-state index in [1.165, 1.54) is 0 Å². The fourth-order valence-corrected chi connectivity index (χ4v) is 2.52. The third kappa shape index (κ3) is 3.57. The van der Waals surface area contributed by atoms with Crippen molar-refractivity contribution in [2.24, 2.45) is 5.92 Å².